The van der Waals surface area contributed by atoms with E-state index in [0.717, 1.165) is 37.1 Å². The molecular weight excluding hydrogens is 607 g/mol. The molecule has 11 heteroatoms. The number of aliphatic hydroxyl groups excluding tert-OH is 1. The molecule has 46 heavy (non-hydrogen) atoms. The summed E-state index contributed by atoms with van der Waals surface area (Å²) in [6.07, 6.45) is 2.83. The smallest absolute Gasteiger partial charge is 0.261 e. The molecule has 5 unspecified atom stereocenters. The highest BCUT2D eigenvalue weighted by molar-refractivity contribution is 6.04. The van der Waals surface area contributed by atoms with Gasteiger partial charge in [0.05, 0.1) is 18.8 Å². The van der Waals surface area contributed by atoms with Crippen LogP contribution < -0.4 is 5.32 Å². The molecule has 246 valence electrons. The number of nitrogens with one attached hydrogen (secondary N) is 1. The Bertz CT molecular complexity index is 1590. The minimum absolute atomic E-state index is 0.0706. The standard InChI is InChI=1S/C35H37F5N2O4/c1-34(2)13-23-14-35(3,17-34)18-42(23)15-24-12-25(20-6-4-19(16-43)5-7-20)46-33(45-24)21-8-10-22(11-9-21)41-32(44)26-27(36)29(38)31(40)30(39)28(26)37/h4-11,23-25,33,43H,12-18H2,1-3H3,(H,41,44). The fourth-order valence-electron chi connectivity index (χ4n) is 7.81. The molecule has 2 N–H and O–H groups in total. The van der Waals surface area contributed by atoms with Crippen molar-refractivity contribution in [2.45, 2.75) is 77.6 Å². The van der Waals surface area contributed by atoms with E-state index in [9.17, 15) is 31.9 Å². The number of halogens is 5. The summed E-state index contributed by atoms with van der Waals surface area (Å²) in [7, 11) is 0. The second-order valence-corrected chi connectivity index (χ2v) is 14.0. The van der Waals surface area contributed by atoms with E-state index >= 15 is 0 Å². The van der Waals surface area contributed by atoms with E-state index in [1.807, 2.05) is 24.3 Å². The van der Waals surface area contributed by atoms with E-state index in [4.69, 9.17) is 9.47 Å². The zero-order chi connectivity index (χ0) is 33.0. The number of hydrogen-bond acceptors (Lipinski definition) is 5. The number of rotatable bonds is 7. The first-order valence-corrected chi connectivity index (χ1v) is 15.4. The minimum atomic E-state index is -2.34. The summed E-state index contributed by atoms with van der Waals surface area (Å²) in [6.45, 7) is 8.70. The second kappa shape index (κ2) is 12.3. The van der Waals surface area contributed by atoms with Gasteiger partial charge in [-0.15, -0.1) is 0 Å². The predicted octanol–water partition coefficient (Wildman–Crippen LogP) is 7.57. The van der Waals surface area contributed by atoms with Crippen molar-refractivity contribution in [3.05, 3.63) is 99.9 Å². The Labute approximate surface area is 264 Å². The molecule has 0 spiro atoms. The van der Waals surface area contributed by atoms with Gasteiger partial charge in [0.1, 0.15) is 5.56 Å². The average Bonchev–Trinajstić information content (AvgIpc) is 3.26. The molecule has 1 saturated carbocycles. The van der Waals surface area contributed by atoms with Crippen LogP contribution in [0.2, 0.25) is 0 Å². The Morgan fingerprint density at radius 2 is 1.48 bits per heavy atom. The van der Waals surface area contributed by atoms with Gasteiger partial charge >= 0.3 is 0 Å². The number of likely N-dealkylation sites (tertiary alicyclic amines) is 1. The first-order valence-electron chi connectivity index (χ1n) is 15.4. The van der Waals surface area contributed by atoms with E-state index in [2.05, 4.69) is 31.0 Å². The predicted molar refractivity (Wildman–Crippen MR) is 160 cm³/mol. The molecule has 1 aliphatic carbocycles. The van der Waals surface area contributed by atoms with Gasteiger partial charge in [0.15, 0.2) is 29.6 Å². The van der Waals surface area contributed by atoms with Gasteiger partial charge in [-0.1, -0.05) is 57.2 Å². The number of nitrogens with zero attached hydrogens (tertiary/aromatic N) is 1. The molecule has 2 bridgehead atoms. The SMILES string of the molecule is CC1(C)CC2CC(C)(CN2CC2CC(c3ccc(CO)cc3)OC(c3ccc(NC(=O)c4c(F)c(F)c(F)c(F)c4F)cc3)O2)C1. The molecule has 2 aliphatic heterocycles. The Kier molecular flexibility index (Phi) is 8.73. The van der Waals surface area contributed by atoms with Crippen LogP contribution in [0.5, 0.6) is 0 Å². The highest BCUT2D eigenvalue weighted by Gasteiger charge is 2.50. The Hall–Kier alpha value is -3.38. The van der Waals surface area contributed by atoms with Crippen molar-refractivity contribution < 1.29 is 41.3 Å². The van der Waals surface area contributed by atoms with Crippen molar-refractivity contribution in [1.29, 1.82) is 0 Å². The van der Waals surface area contributed by atoms with Crippen LogP contribution in [0.15, 0.2) is 48.5 Å². The normalized spacial score (nSPS) is 27.5. The Balaban J connectivity index is 1.21. The average molecular weight is 645 g/mol. The minimum Gasteiger partial charge on any atom is -0.392 e. The molecule has 3 aromatic rings. The number of anilines is 1. The number of ether oxygens (including phenoxy) is 2. The Morgan fingerprint density at radius 1 is 0.870 bits per heavy atom. The molecule has 2 heterocycles. The van der Waals surface area contributed by atoms with Gasteiger partial charge in [0, 0.05) is 36.8 Å². The molecule has 0 radical (unpaired) electrons. The summed E-state index contributed by atoms with van der Waals surface area (Å²) < 4.78 is 82.0. The lowest BCUT2D eigenvalue weighted by Crippen LogP contribution is -2.42. The molecule has 6 nitrogen and oxygen atoms in total. The van der Waals surface area contributed by atoms with Crippen LogP contribution >= 0.6 is 0 Å². The van der Waals surface area contributed by atoms with Crippen LogP contribution in [-0.4, -0.2) is 41.1 Å². The van der Waals surface area contributed by atoms with Crippen LogP contribution in [0.4, 0.5) is 27.6 Å². The summed E-state index contributed by atoms with van der Waals surface area (Å²) in [6, 6.07) is 14.1. The molecule has 1 amide bonds. The lowest BCUT2D eigenvalue weighted by molar-refractivity contribution is -0.253. The van der Waals surface area contributed by atoms with Gasteiger partial charge < -0.3 is 19.9 Å². The Morgan fingerprint density at radius 3 is 2.11 bits per heavy atom. The zero-order valence-corrected chi connectivity index (χ0v) is 25.9. The summed E-state index contributed by atoms with van der Waals surface area (Å²) in [5.41, 5.74) is 1.37. The van der Waals surface area contributed by atoms with Crippen molar-refractivity contribution in [3.8, 4) is 0 Å². The van der Waals surface area contributed by atoms with E-state index < -0.39 is 46.8 Å². The van der Waals surface area contributed by atoms with Crippen molar-refractivity contribution >= 4 is 11.6 Å². The number of hydrogen-bond donors (Lipinski definition) is 2. The number of fused-ring (bicyclic) bond motifs is 2. The summed E-state index contributed by atoms with van der Waals surface area (Å²) in [4.78, 5) is 15.1. The van der Waals surface area contributed by atoms with Gasteiger partial charge in [-0.2, -0.15) is 0 Å². The lowest BCUT2D eigenvalue weighted by atomic mass is 9.65. The summed E-state index contributed by atoms with van der Waals surface area (Å²) in [5.74, 6) is -12.6. The fourth-order valence-corrected chi connectivity index (χ4v) is 7.81. The van der Waals surface area contributed by atoms with Crippen LogP contribution in [-0.2, 0) is 16.1 Å². The fraction of sp³-hybridized carbons (Fsp3) is 0.457. The molecule has 5 atom stereocenters. The molecule has 2 saturated heterocycles. The van der Waals surface area contributed by atoms with Crippen molar-refractivity contribution in [3.63, 3.8) is 0 Å². The largest absolute Gasteiger partial charge is 0.392 e. The highest BCUT2D eigenvalue weighted by Crippen LogP contribution is 2.53. The number of carbonyl (C=O) groups is 1. The second-order valence-electron chi connectivity index (χ2n) is 14.0. The van der Waals surface area contributed by atoms with Crippen LogP contribution in [0, 0.1) is 39.9 Å². The van der Waals surface area contributed by atoms with Crippen molar-refractivity contribution in [2.75, 3.05) is 18.4 Å². The van der Waals surface area contributed by atoms with Crippen LogP contribution in [0.1, 0.15) is 85.9 Å². The first-order chi connectivity index (χ1) is 21.8. The summed E-state index contributed by atoms with van der Waals surface area (Å²) in [5, 5.41) is 11.7. The third-order valence-electron chi connectivity index (χ3n) is 9.45. The van der Waals surface area contributed by atoms with Gasteiger partial charge in [-0.05, 0) is 53.4 Å². The quantitative estimate of drug-likeness (QED) is 0.158. The maximum absolute atomic E-state index is 14.2. The van der Waals surface area contributed by atoms with Crippen LogP contribution in [0.25, 0.3) is 0 Å². The van der Waals surface area contributed by atoms with Crippen LogP contribution in [0.3, 0.4) is 0 Å². The molecular formula is C35H37F5N2O4. The van der Waals surface area contributed by atoms with Gasteiger partial charge in [-0.25, -0.2) is 22.0 Å². The van der Waals surface area contributed by atoms with E-state index in [1.165, 1.54) is 18.6 Å². The van der Waals surface area contributed by atoms with E-state index in [0.29, 0.717) is 18.0 Å². The van der Waals surface area contributed by atoms with Crippen molar-refractivity contribution in [1.82, 2.24) is 4.90 Å². The van der Waals surface area contributed by atoms with Gasteiger partial charge in [0.2, 0.25) is 5.82 Å². The molecule has 0 aromatic heterocycles. The van der Waals surface area contributed by atoms with Gasteiger partial charge in [-0.3, -0.25) is 9.69 Å². The maximum Gasteiger partial charge on any atom is 0.261 e. The molecule has 3 aromatic carbocycles. The number of amides is 1. The molecule has 3 aliphatic rings. The first kappa shape index (κ1) is 32.6. The third-order valence-corrected chi connectivity index (χ3v) is 9.45. The highest BCUT2D eigenvalue weighted by atomic mass is 19.2. The van der Waals surface area contributed by atoms with E-state index in [-0.39, 0.29) is 35.3 Å². The van der Waals surface area contributed by atoms with Crippen molar-refractivity contribution in [2.24, 2.45) is 10.8 Å². The molecule has 3 fully saturated rings. The number of benzene rings is 3. The lowest BCUT2D eigenvalue weighted by Gasteiger charge is -2.41. The monoisotopic (exact) mass is 644 g/mol. The van der Waals surface area contributed by atoms with E-state index in [1.54, 1.807) is 12.1 Å². The topological polar surface area (TPSA) is 71.0 Å². The number of carbonyl (C=O) groups excluding carboxylic acids is 1. The number of aliphatic hydroxyl groups is 1. The maximum atomic E-state index is 14.2. The zero-order valence-electron chi connectivity index (χ0n) is 25.9. The third kappa shape index (κ3) is 6.43. The summed E-state index contributed by atoms with van der Waals surface area (Å²) >= 11 is 0. The van der Waals surface area contributed by atoms with Gasteiger partial charge in [0.25, 0.3) is 5.91 Å². The molecule has 6 rings (SSSR count).